The lowest BCUT2D eigenvalue weighted by Crippen LogP contribution is -2.15. The van der Waals surface area contributed by atoms with Gasteiger partial charge in [-0.2, -0.15) is 0 Å². The number of ketones is 1. The van der Waals surface area contributed by atoms with Gasteiger partial charge in [-0.1, -0.05) is 50.1 Å². The standard InChI is InChI=1S/C12H12Br2O4/c13-5-4-10(15)7-2-1-3-8(9(7)6-14)11(16)12(17)18/h1-3,11,16H,4-6H2,(H,17,18). The summed E-state index contributed by atoms with van der Waals surface area (Å²) in [6, 6.07) is 4.73. The number of aliphatic hydroxyl groups is 1. The zero-order valence-electron chi connectivity index (χ0n) is 9.40. The molecule has 0 fully saturated rings. The van der Waals surface area contributed by atoms with Crippen LogP contribution >= 0.6 is 31.9 Å². The Morgan fingerprint density at radius 1 is 1.28 bits per heavy atom. The normalized spacial score (nSPS) is 12.2. The summed E-state index contributed by atoms with van der Waals surface area (Å²) in [4.78, 5) is 22.7. The van der Waals surface area contributed by atoms with Crippen molar-refractivity contribution in [3.05, 3.63) is 34.9 Å². The molecule has 0 bridgehead atoms. The first-order chi connectivity index (χ1) is 8.52. The van der Waals surface area contributed by atoms with E-state index in [0.717, 1.165) is 0 Å². The maximum absolute atomic E-state index is 11.9. The van der Waals surface area contributed by atoms with Crippen molar-refractivity contribution < 1.29 is 19.8 Å². The van der Waals surface area contributed by atoms with E-state index in [-0.39, 0.29) is 11.3 Å². The summed E-state index contributed by atoms with van der Waals surface area (Å²) < 4.78 is 0. The fourth-order valence-corrected chi connectivity index (χ4v) is 2.61. The molecule has 0 amide bonds. The molecule has 0 heterocycles. The van der Waals surface area contributed by atoms with Gasteiger partial charge in [0.2, 0.25) is 0 Å². The molecule has 0 saturated carbocycles. The fraction of sp³-hybridized carbons (Fsp3) is 0.333. The van der Waals surface area contributed by atoms with Crippen molar-refractivity contribution in [1.82, 2.24) is 0 Å². The van der Waals surface area contributed by atoms with Crippen molar-refractivity contribution in [3.8, 4) is 0 Å². The van der Waals surface area contributed by atoms with Crippen molar-refractivity contribution in [1.29, 1.82) is 0 Å². The zero-order chi connectivity index (χ0) is 13.7. The Hall–Kier alpha value is -0.720. The molecule has 1 aromatic carbocycles. The van der Waals surface area contributed by atoms with Crippen molar-refractivity contribution in [3.63, 3.8) is 0 Å². The van der Waals surface area contributed by atoms with Crippen molar-refractivity contribution in [2.45, 2.75) is 17.9 Å². The van der Waals surface area contributed by atoms with Crippen LogP contribution in [0.25, 0.3) is 0 Å². The van der Waals surface area contributed by atoms with E-state index in [1.807, 2.05) is 0 Å². The third-order valence-electron chi connectivity index (χ3n) is 2.50. The van der Waals surface area contributed by atoms with Crippen LogP contribution in [0.1, 0.15) is 34.0 Å². The highest BCUT2D eigenvalue weighted by Gasteiger charge is 2.22. The molecule has 1 atom stereocenters. The van der Waals surface area contributed by atoms with Crippen LogP contribution in [-0.2, 0) is 10.1 Å². The van der Waals surface area contributed by atoms with E-state index in [4.69, 9.17) is 5.11 Å². The van der Waals surface area contributed by atoms with E-state index < -0.39 is 12.1 Å². The van der Waals surface area contributed by atoms with Gasteiger partial charge in [-0.25, -0.2) is 4.79 Å². The van der Waals surface area contributed by atoms with E-state index in [9.17, 15) is 14.7 Å². The molecule has 1 aromatic rings. The average molecular weight is 380 g/mol. The van der Waals surface area contributed by atoms with Gasteiger partial charge < -0.3 is 10.2 Å². The molecule has 0 spiro atoms. The maximum Gasteiger partial charge on any atom is 0.337 e. The number of carboxylic acid groups (broad SMARTS) is 1. The Kier molecular flexibility index (Phi) is 5.98. The lowest BCUT2D eigenvalue weighted by Gasteiger charge is -2.14. The number of carbonyl (C=O) groups is 2. The number of aliphatic hydroxyl groups excluding tert-OH is 1. The van der Waals surface area contributed by atoms with Gasteiger partial charge >= 0.3 is 5.97 Å². The van der Waals surface area contributed by atoms with Gasteiger partial charge in [0.05, 0.1) is 0 Å². The number of alkyl halides is 2. The lowest BCUT2D eigenvalue weighted by atomic mass is 9.95. The van der Waals surface area contributed by atoms with Crippen LogP contribution in [0.5, 0.6) is 0 Å². The molecule has 98 valence electrons. The Labute approximate surface area is 121 Å². The van der Waals surface area contributed by atoms with Crippen LogP contribution in [0.4, 0.5) is 0 Å². The minimum atomic E-state index is -1.62. The number of aliphatic carboxylic acids is 1. The molecule has 18 heavy (non-hydrogen) atoms. The first-order valence-electron chi connectivity index (χ1n) is 5.20. The number of hydrogen-bond acceptors (Lipinski definition) is 3. The molecule has 1 rings (SSSR count). The van der Waals surface area contributed by atoms with Crippen molar-refractivity contribution in [2.75, 3.05) is 5.33 Å². The summed E-state index contributed by atoms with van der Waals surface area (Å²) in [7, 11) is 0. The van der Waals surface area contributed by atoms with Crippen LogP contribution in [-0.4, -0.2) is 27.3 Å². The van der Waals surface area contributed by atoms with Gasteiger partial charge in [-0.15, -0.1) is 0 Å². The number of carboxylic acids is 1. The lowest BCUT2D eigenvalue weighted by molar-refractivity contribution is -0.147. The van der Waals surface area contributed by atoms with Crippen LogP contribution in [0.3, 0.4) is 0 Å². The van der Waals surface area contributed by atoms with E-state index in [1.54, 1.807) is 12.1 Å². The van der Waals surface area contributed by atoms with Crippen LogP contribution in [0.2, 0.25) is 0 Å². The summed E-state index contributed by atoms with van der Waals surface area (Å²) >= 11 is 6.42. The highest BCUT2D eigenvalue weighted by Crippen LogP contribution is 2.25. The molecule has 2 N–H and O–H groups in total. The Bertz CT molecular complexity index is 459. The van der Waals surface area contributed by atoms with E-state index >= 15 is 0 Å². The van der Waals surface area contributed by atoms with Gasteiger partial charge in [0.1, 0.15) is 0 Å². The molecular formula is C12H12Br2O4. The molecule has 0 aromatic heterocycles. The Morgan fingerprint density at radius 2 is 1.94 bits per heavy atom. The molecule has 0 saturated heterocycles. The quantitative estimate of drug-likeness (QED) is 0.588. The molecule has 0 radical (unpaired) electrons. The van der Waals surface area contributed by atoms with Gasteiger partial charge in [-0.05, 0) is 11.1 Å². The van der Waals surface area contributed by atoms with Gasteiger partial charge in [0, 0.05) is 22.6 Å². The third-order valence-corrected chi connectivity index (χ3v) is 3.45. The number of Topliss-reactive ketones (excluding diaryl/α,β-unsaturated/α-hetero) is 1. The number of halogens is 2. The summed E-state index contributed by atoms with van der Waals surface area (Å²) in [6.45, 7) is 0. The molecule has 0 aliphatic carbocycles. The average Bonchev–Trinajstić information content (AvgIpc) is 2.36. The topological polar surface area (TPSA) is 74.6 Å². The second-order valence-corrected chi connectivity index (χ2v) is 4.96. The monoisotopic (exact) mass is 378 g/mol. The van der Waals surface area contributed by atoms with Gasteiger partial charge in [0.25, 0.3) is 0 Å². The largest absolute Gasteiger partial charge is 0.479 e. The number of benzene rings is 1. The Balaban J connectivity index is 3.26. The smallest absolute Gasteiger partial charge is 0.337 e. The first kappa shape index (κ1) is 15.3. The maximum atomic E-state index is 11.9. The molecule has 0 aliphatic rings. The second kappa shape index (κ2) is 7.01. The van der Waals surface area contributed by atoms with Crippen molar-refractivity contribution >= 4 is 43.6 Å². The summed E-state index contributed by atoms with van der Waals surface area (Å²) in [5.74, 6) is -1.41. The number of rotatable bonds is 6. The first-order valence-corrected chi connectivity index (χ1v) is 7.45. The minimum absolute atomic E-state index is 0.0826. The fourth-order valence-electron chi connectivity index (χ4n) is 1.62. The molecule has 4 nitrogen and oxygen atoms in total. The van der Waals surface area contributed by atoms with Crippen LogP contribution in [0.15, 0.2) is 18.2 Å². The number of hydrogen-bond donors (Lipinski definition) is 2. The highest BCUT2D eigenvalue weighted by molar-refractivity contribution is 9.09. The SMILES string of the molecule is O=C(CCBr)c1cccc(C(O)C(=O)O)c1CBr. The summed E-state index contributed by atoms with van der Waals surface area (Å²) in [6.07, 6.45) is -1.29. The summed E-state index contributed by atoms with van der Waals surface area (Å²) in [5.41, 5.74) is 1.22. The predicted molar refractivity (Wildman–Crippen MR) is 74.4 cm³/mol. The highest BCUT2D eigenvalue weighted by atomic mass is 79.9. The van der Waals surface area contributed by atoms with E-state index in [1.165, 1.54) is 6.07 Å². The Morgan fingerprint density at radius 3 is 2.44 bits per heavy atom. The van der Waals surface area contributed by atoms with Crippen LogP contribution in [0, 0.1) is 0 Å². The van der Waals surface area contributed by atoms with Gasteiger partial charge in [0.15, 0.2) is 11.9 Å². The predicted octanol–water partition coefficient (Wildman–Crippen LogP) is 2.67. The minimum Gasteiger partial charge on any atom is -0.479 e. The van der Waals surface area contributed by atoms with Gasteiger partial charge in [-0.3, -0.25) is 4.79 Å². The van der Waals surface area contributed by atoms with Crippen molar-refractivity contribution in [2.24, 2.45) is 0 Å². The van der Waals surface area contributed by atoms with E-state index in [2.05, 4.69) is 31.9 Å². The molecule has 6 heteroatoms. The molecular weight excluding hydrogens is 368 g/mol. The van der Waals surface area contributed by atoms with E-state index in [0.29, 0.717) is 28.2 Å². The zero-order valence-corrected chi connectivity index (χ0v) is 12.6. The number of carbonyl (C=O) groups excluding carboxylic acids is 1. The molecule has 0 aliphatic heterocycles. The van der Waals surface area contributed by atoms with Crippen LogP contribution < -0.4 is 0 Å². The second-order valence-electron chi connectivity index (χ2n) is 3.61. The third kappa shape index (κ3) is 3.40. The summed E-state index contributed by atoms with van der Waals surface area (Å²) in [5, 5.41) is 19.3. The molecule has 1 unspecified atom stereocenters.